The number of ketones is 2. The number of ether oxygens (including phenoxy) is 1. The predicted molar refractivity (Wildman–Crippen MR) is 57.3 cm³/mol. The molecule has 3 heteroatoms. The molecule has 1 aliphatic carbocycles. The molecule has 0 aromatic rings. The van der Waals surface area contributed by atoms with Crippen LogP contribution in [0.25, 0.3) is 0 Å². The van der Waals surface area contributed by atoms with Gasteiger partial charge in [-0.25, -0.2) is 0 Å². The lowest BCUT2D eigenvalue weighted by Gasteiger charge is -2.25. The van der Waals surface area contributed by atoms with Crippen LogP contribution < -0.4 is 0 Å². The summed E-state index contributed by atoms with van der Waals surface area (Å²) < 4.78 is 4.91. The standard InChI is InChI=1S/C12H16O3/c1-7-10(14)8(12(2,3)4)6-9(13)11(7)15-5/h6H,1-5H3. The van der Waals surface area contributed by atoms with Gasteiger partial charge in [0, 0.05) is 11.1 Å². The lowest BCUT2D eigenvalue weighted by atomic mass is 9.79. The fourth-order valence-electron chi connectivity index (χ4n) is 1.56. The van der Waals surface area contributed by atoms with Crippen molar-refractivity contribution in [2.75, 3.05) is 7.11 Å². The van der Waals surface area contributed by atoms with Crippen LogP contribution in [-0.4, -0.2) is 18.7 Å². The fraction of sp³-hybridized carbons (Fsp3) is 0.500. The van der Waals surface area contributed by atoms with Crippen LogP contribution in [0.15, 0.2) is 23.0 Å². The Balaban J connectivity index is 3.23. The van der Waals surface area contributed by atoms with E-state index >= 15 is 0 Å². The van der Waals surface area contributed by atoms with Crippen molar-refractivity contribution in [2.24, 2.45) is 5.41 Å². The molecule has 0 aromatic carbocycles. The molecule has 0 spiro atoms. The zero-order valence-corrected chi connectivity index (χ0v) is 9.80. The van der Waals surface area contributed by atoms with Crippen molar-refractivity contribution >= 4 is 11.6 Å². The Bertz CT molecular complexity index is 378. The quantitative estimate of drug-likeness (QED) is 0.619. The van der Waals surface area contributed by atoms with Crippen molar-refractivity contribution in [3.8, 4) is 0 Å². The fourth-order valence-corrected chi connectivity index (χ4v) is 1.56. The molecule has 0 radical (unpaired) electrons. The second-order valence-electron chi connectivity index (χ2n) is 4.66. The molecule has 0 saturated carbocycles. The van der Waals surface area contributed by atoms with E-state index in [1.807, 2.05) is 20.8 Å². The van der Waals surface area contributed by atoms with Crippen LogP contribution in [-0.2, 0) is 14.3 Å². The van der Waals surface area contributed by atoms with Crippen LogP contribution in [0.5, 0.6) is 0 Å². The summed E-state index contributed by atoms with van der Waals surface area (Å²) in [7, 11) is 1.40. The highest BCUT2D eigenvalue weighted by molar-refractivity contribution is 6.22. The number of carbonyl (C=O) groups excluding carboxylic acids is 2. The molecule has 3 nitrogen and oxygen atoms in total. The van der Waals surface area contributed by atoms with Crippen LogP contribution in [0.2, 0.25) is 0 Å². The summed E-state index contributed by atoms with van der Waals surface area (Å²) in [6.45, 7) is 7.36. The van der Waals surface area contributed by atoms with E-state index in [1.54, 1.807) is 6.92 Å². The molecule has 82 valence electrons. The SMILES string of the molecule is COC1=C(C)C(=O)C(C(C)(C)C)=CC1=O. The normalized spacial score (nSPS) is 18.1. The molecule has 0 aromatic heterocycles. The Morgan fingerprint density at radius 3 is 2.13 bits per heavy atom. The lowest BCUT2D eigenvalue weighted by Crippen LogP contribution is -2.26. The van der Waals surface area contributed by atoms with Gasteiger partial charge in [0.05, 0.1) is 7.11 Å². The van der Waals surface area contributed by atoms with Gasteiger partial charge in [-0.15, -0.1) is 0 Å². The minimum Gasteiger partial charge on any atom is -0.492 e. The molecular formula is C12H16O3. The zero-order chi connectivity index (χ0) is 11.8. The Kier molecular flexibility index (Phi) is 2.84. The smallest absolute Gasteiger partial charge is 0.221 e. The van der Waals surface area contributed by atoms with Crippen molar-refractivity contribution in [1.82, 2.24) is 0 Å². The van der Waals surface area contributed by atoms with Gasteiger partial charge in [-0.05, 0) is 18.4 Å². The number of carbonyl (C=O) groups is 2. The molecule has 0 bridgehead atoms. The number of allylic oxidation sites excluding steroid dienone is 3. The van der Waals surface area contributed by atoms with Gasteiger partial charge in [-0.1, -0.05) is 20.8 Å². The van der Waals surface area contributed by atoms with Crippen LogP contribution in [0.4, 0.5) is 0 Å². The maximum atomic E-state index is 11.9. The van der Waals surface area contributed by atoms with Gasteiger partial charge in [-0.3, -0.25) is 9.59 Å². The summed E-state index contributed by atoms with van der Waals surface area (Å²) in [4.78, 5) is 23.6. The van der Waals surface area contributed by atoms with Gasteiger partial charge in [-0.2, -0.15) is 0 Å². The molecule has 0 saturated heterocycles. The maximum absolute atomic E-state index is 11.9. The first-order chi connectivity index (χ1) is 6.79. The first kappa shape index (κ1) is 11.7. The molecule has 1 aliphatic rings. The van der Waals surface area contributed by atoms with Gasteiger partial charge < -0.3 is 4.74 Å². The lowest BCUT2D eigenvalue weighted by molar-refractivity contribution is -0.118. The summed E-state index contributed by atoms with van der Waals surface area (Å²) in [6.07, 6.45) is 1.38. The van der Waals surface area contributed by atoms with Crippen LogP contribution >= 0.6 is 0 Å². The molecule has 0 aliphatic heterocycles. The summed E-state index contributed by atoms with van der Waals surface area (Å²) in [5.41, 5.74) is 0.633. The number of methoxy groups -OCH3 is 1. The van der Waals surface area contributed by atoms with Crippen LogP contribution in [0.1, 0.15) is 27.7 Å². The summed E-state index contributed by atoms with van der Waals surface area (Å²) >= 11 is 0. The second kappa shape index (κ2) is 3.65. The highest BCUT2D eigenvalue weighted by Gasteiger charge is 2.32. The van der Waals surface area contributed by atoms with Crippen molar-refractivity contribution in [1.29, 1.82) is 0 Å². The van der Waals surface area contributed by atoms with E-state index in [1.165, 1.54) is 13.2 Å². The van der Waals surface area contributed by atoms with E-state index in [-0.39, 0.29) is 22.7 Å². The van der Waals surface area contributed by atoms with Crippen molar-refractivity contribution in [2.45, 2.75) is 27.7 Å². The monoisotopic (exact) mass is 208 g/mol. The minimum atomic E-state index is -0.312. The average Bonchev–Trinajstić information content (AvgIpc) is 2.10. The molecule has 0 amide bonds. The van der Waals surface area contributed by atoms with Crippen LogP contribution in [0, 0.1) is 5.41 Å². The van der Waals surface area contributed by atoms with Crippen molar-refractivity contribution in [3.05, 3.63) is 23.0 Å². The van der Waals surface area contributed by atoms with Gasteiger partial charge in [0.2, 0.25) is 5.78 Å². The molecule has 1 rings (SSSR count). The largest absolute Gasteiger partial charge is 0.492 e. The zero-order valence-electron chi connectivity index (χ0n) is 9.80. The number of hydrogen-bond acceptors (Lipinski definition) is 3. The van der Waals surface area contributed by atoms with Gasteiger partial charge >= 0.3 is 0 Å². The Labute approximate surface area is 89.8 Å². The van der Waals surface area contributed by atoms with E-state index < -0.39 is 0 Å². The number of rotatable bonds is 1. The van der Waals surface area contributed by atoms with Gasteiger partial charge in [0.15, 0.2) is 11.5 Å². The third-order valence-corrected chi connectivity index (χ3v) is 2.44. The highest BCUT2D eigenvalue weighted by Crippen LogP contribution is 2.32. The van der Waals surface area contributed by atoms with Gasteiger partial charge in [0.1, 0.15) is 0 Å². The predicted octanol–water partition coefficient (Wildman–Crippen LogP) is 2.03. The van der Waals surface area contributed by atoms with E-state index in [4.69, 9.17) is 4.74 Å². The topological polar surface area (TPSA) is 43.4 Å². The van der Waals surface area contributed by atoms with E-state index in [9.17, 15) is 9.59 Å². The third kappa shape index (κ3) is 2.01. The Morgan fingerprint density at radius 2 is 1.73 bits per heavy atom. The number of Topliss-reactive ketones (excluding diaryl/α,β-unsaturated/α-hetero) is 1. The Hall–Kier alpha value is -1.38. The molecule has 0 fully saturated rings. The highest BCUT2D eigenvalue weighted by atomic mass is 16.5. The number of hydrogen-bond donors (Lipinski definition) is 0. The van der Waals surface area contributed by atoms with Crippen molar-refractivity contribution < 1.29 is 14.3 Å². The van der Waals surface area contributed by atoms with Crippen molar-refractivity contribution in [3.63, 3.8) is 0 Å². The minimum absolute atomic E-state index is 0.0982. The first-order valence-corrected chi connectivity index (χ1v) is 4.85. The van der Waals surface area contributed by atoms with E-state index in [0.717, 1.165) is 0 Å². The van der Waals surface area contributed by atoms with Gasteiger partial charge in [0.25, 0.3) is 0 Å². The van der Waals surface area contributed by atoms with E-state index in [0.29, 0.717) is 11.1 Å². The molecule has 0 heterocycles. The second-order valence-corrected chi connectivity index (χ2v) is 4.66. The average molecular weight is 208 g/mol. The maximum Gasteiger partial charge on any atom is 0.221 e. The molecule has 15 heavy (non-hydrogen) atoms. The summed E-state index contributed by atoms with van der Waals surface area (Å²) in [5, 5.41) is 0. The Morgan fingerprint density at radius 1 is 1.20 bits per heavy atom. The van der Waals surface area contributed by atoms with Crippen LogP contribution in [0.3, 0.4) is 0 Å². The molecule has 0 N–H and O–H groups in total. The molecule has 0 unspecified atom stereocenters. The summed E-state index contributed by atoms with van der Waals surface area (Å²) in [6, 6.07) is 0. The third-order valence-electron chi connectivity index (χ3n) is 2.44. The summed E-state index contributed by atoms with van der Waals surface area (Å²) in [5.74, 6) is -0.161. The van der Waals surface area contributed by atoms with E-state index in [2.05, 4.69) is 0 Å². The molecule has 0 atom stereocenters. The first-order valence-electron chi connectivity index (χ1n) is 4.85. The molecular weight excluding hydrogens is 192 g/mol.